The van der Waals surface area contributed by atoms with Crippen LogP contribution in [0.5, 0.6) is 5.75 Å². The van der Waals surface area contributed by atoms with E-state index in [9.17, 15) is 9.59 Å². The number of carbonyl (C=O) groups is 2. The summed E-state index contributed by atoms with van der Waals surface area (Å²) in [6.45, 7) is 1.98. The lowest BCUT2D eigenvalue weighted by molar-refractivity contribution is -0.114. The highest BCUT2D eigenvalue weighted by atomic mass is 16.5. The molecule has 2 heterocycles. The third-order valence-electron chi connectivity index (χ3n) is 3.30. The highest BCUT2D eigenvalue weighted by molar-refractivity contribution is 6.52. The lowest BCUT2D eigenvalue weighted by Gasteiger charge is -2.13. The molecule has 0 spiro atoms. The molecule has 2 aromatic rings. The average molecular weight is 287 g/mol. The van der Waals surface area contributed by atoms with Gasteiger partial charge >= 0.3 is 0 Å². The zero-order valence-corrected chi connectivity index (χ0v) is 11.6. The van der Waals surface area contributed by atoms with Gasteiger partial charge in [-0.3, -0.25) is 14.5 Å². The summed E-state index contributed by atoms with van der Waals surface area (Å²) in [5, 5.41) is 3.78. The van der Waals surface area contributed by atoms with Crippen molar-refractivity contribution in [3.05, 3.63) is 35.5 Å². The van der Waals surface area contributed by atoms with E-state index in [1.54, 1.807) is 18.2 Å². The van der Waals surface area contributed by atoms with Gasteiger partial charge in [-0.05, 0) is 18.2 Å². The summed E-state index contributed by atoms with van der Waals surface area (Å²) < 4.78 is 10.1. The second kappa shape index (κ2) is 5.01. The summed E-state index contributed by atoms with van der Waals surface area (Å²) in [7, 11) is 1.51. The molecule has 21 heavy (non-hydrogen) atoms. The third-order valence-corrected chi connectivity index (χ3v) is 3.30. The molecule has 0 atom stereocenters. The van der Waals surface area contributed by atoms with Crippen LogP contribution in [-0.2, 0) is 17.8 Å². The number of rotatable bonds is 4. The van der Waals surface area contributed by atoms with Gasteiger partial charge in [0.15, 0.2) is 5.82 Å². The normalized spacial score (nSPS) is 13.7. The van der Waals surface area contributed by atoms with Crippen molar-refractivity contribution in [1.29, 1.82) is 0 Å². The van der Waals surface area contributed by atoms with Gasteiger partial charge in [-0.2, -0.15) is 4.98 Å². The number of anilines is 1. The van der Waals surface area contributed by atoms with Crippen molar-refractivity contribution in [1.82, 2.24) is 10.1 Å². The molecule has 7 nitrogen and oxygen atoms in total. The first-order chi connectivity index (χ1) is 10.1. The molecule has 108 valence electrons. The molecule has 1 aromatic carbocycles. The van der Waals surface area contributed by atoms with Crippen molar-refractivity contribution in [3.8, 4) is 5.75 Å². The van der Waals surface area contributed by atoms with E-state index in [4.69, 9.17) is 9.26 Å². The predicted octanol–water partition coefficient (Wildman–Crippen LogP) is 1.37. The molecular formula is C14H13N3O4. The Morgan fingerprint density at radius 3 is 2.81 bits per heavy atom. The molecule has 1 amide bonds. The first kappa shape index (κ1) is 13.3. The van der Waals surface area contributed by atoms with Crippen LogP contribution in [0.25, 0.3) is 0 Å². The first-order valence-corrected chi connectivity index (χ1v) is 6.49. The van der Waals surface area contributed by atoms with E-state index >= 15 is 0 Å². The summed E-state index contributed by atoms with van der Waals surface area (Å²) in [4.78, 5) is 29.6. The zero-order valence-electron chi connectivity index (χ0n) is 11.6. The molecule has 0 N–H and O–H groups in total. The average Bonchev–Trinajstić information content (AvgIpc) is 3.06. The molecular weight excluding hydrogens is 274 g/mol. The second-order valence-electron chi connectivity index (χ2n) is 4.56. The Labute approximate surface area is 120 Å². The number of nitrogens with zero attached hydrogens (tertiary/aromatic N) is 3. The van der Waals surface area contributed by atoms with Gasteiger partial charge in [0.2, 0.25) is 5.89 Å². The number of Topliss-reactive ketones (excluding diaryl/α,β-unsaturated/α-hetero) is 1. The summed E-state index contributed by atoms with van der Waals surface area (Å²) in [6, 6.07) is 4.93. The summed E-state index contributed by atoms with van der Waals surface area (Å²) in [6.07, 6.45) is 0.643. The highest BCUT2D eigenvalue weighted by Gasteiger charge is 2.37. The Hall–Kier alpha value is -2.70. The van der Waals surface area contributed by atoms with Crippen LogP contribution in [0.1, 0.15) is 29.0 Å². The van der Waals surface area contributed by atoms with E-state index < -0.39 is 11.7 Å². The molecule has 1 aromatic heterocycles. The van der Waals surface area contributed by atoms with E-state index in [1.165, 1.54) is 12.0 Å². The van der Waals surface area contributed by atoms with Crippen LogP contribution in [0, 0.1) is 0 Å². The fourth-order valence-corrected chi connectivity index (χ4v) is 2.20. The van der Waals surface area contributed by atoms with Crippen LogP contribution in [0.15, 0.2) is 22.7 Å². The van der Waals surface area contributed by atoms with Crippen molar-refractivity contribution in [2.75, 3.05) is 12.0 Å². The largest absolute Gasteiger partial charge is 0.497 e. The van der Waals surface area contributed by atoms with Crippen LogP contribution in [0.3, 0.4) is 0 Å². The van der Waals surface area contributed by atoms with E-state index in [0.29, 0.717) is 35.1 Å². The van der Waals surface area contributed by atoms with Crippen molar-refractivity contribution >= 4 is 17.4 Å². The van der Waals surface area contributed by atoms with Crippen molar-refractivity contribution in [2.24, 2.45) is 0 Å². The van der Waals surface area contributed by atoms with Crippen LogP contribution < -0.4 is 9.64 Å². The quantitative estimate of drug-likeness (QED) is 0.789. The maximum atomic E-state index is 12.1. The molecule has 0 saturated heterocycles. The number of ketones is 1. The molecule has 0 bridgehead atoms. The molecule has 0 fully saturated rings. The van der Waals surface area contributed by atoms with Gasteiger partial charge in [-0.1, -0.05) is 12.1 Å². The summed E-state index contributed by atoms with van der Waals surface area (Å²) in [5.74, 6) is 0.242. The van der Waals surface area contributed by atoms with Gasteiger partial charge in [-0.25, -0.2) is 0 Å². The minimum Gasteiger partial charge on any atom is -0.497 e. The fourth-order valence-electron chi connectivity index (χ4n) is 2.20. The number of carbonyl (C=O) groups excluding carboxylic acids is 2. The predicted molar refractivity (Wildman–Crippen MR) is 72.2 cm³/mol. The summed E-state index contributed by atoms with van der Waals surface area (Å²) in [5.41, 5.74) is 0.858. The number of hydrogen-bond donors (Lipinski definition) is 0. The Bertz CT molecular complexity index is 723. The number of methoxy groups -OCH3 is 1. The Kier molecular flexibility index (Phi) is 3.17. The number of hydrogen-bond acceptors (Lipinski definition) is 6. The van der Waals surface area contributed by atoms with Crippen LogP contribution in [0.4, 0.5) is 5.69 Å². The van der Waals surface area contributed by atoms with Crippen LogP contribution >= 0.6 is 0 Å². The number of aromatic nitrogens is 2. The SMILES string of the molecule is CCc1noc(CN2C(=O)C(=O)c3cc(OC)ccc32)n1. The second-order valence-corrected chi connectivity index (χ2v) is 4.56. The van der Waals surface area contributed by atoms with Gasteiger partial charge in [0, 0.05) is 6.42 Å². The smallest absolute Gasteiger partial charge is 0.299 e. The van der Waals surface area contributed by atoms with Crippen molar-refractivity contribution in [2.45, 2.75) is 19.9 Å². The fraction of sp³-hybridized carbons (Fsp3) is 0.286. The Balaban J connectivity index is 1.93. The molecule has 0 unspecified atom stereocenters. The van der Waals surface area contributed by atoms with Gasteiger partial charge in [0.25, 0.3) is 11.7 Å². The zero-order chi connectivity index (χ0) is 15.0. The van der Waals surface area contributed by atoms with Crippen LogP contribution in [-0.4, -0.2) is 28.9 Å². The highest BCUT2D eigenvalue weighted by Crippen LogP contribution is 2.32. The van der Waals surface area contributed by atoms with Crippen molar-refractivity contribution in [3.63, 3.8) is 0 Å². The number of aryl methyl sites for hydroxylation is 1. The van der Waals surface area contributed by atoms with Gasteiger partial charge < -0.3 is 9.26 Å². The standard InChI is InChI=1S/C14H13N3O4/c1-3-11-15-12(21-16-11)7-17-10-5-4-8(20-2)6-9(10)13(18)14(17)19/h4-6H,3,7H2,1-2H3. The molecule has 0 aliphatic carbocycles. The van der Waals surface area contributed by atoms with E-state index in [-0.39, 0.29) is 6.54 Å². The van der Waals surface area contributed by atoms with Crippen LogP contribution in [0.2, 0.25) is 0 Å². The molecule has 0 radical (unpaired) electrons. The minimum atomic E-state index is -0.602. The number of ether oxygens (including phenoxy) is 1. The van der Waals surface area contributed by atoms with Gasteiger partial charge in [0.1, 0.15) is 12.3 Å². The van der Waals surface area contributed by atoms with E-state index in [1.807, 2.05) is 6.92 Å². The first-order valence-electron chi connectivity index (χ1n) is 6.49. The minimum absolute atomic E-state index is 0.0803. The van der Waals surface area contributed by atoms with Crippen molar-refractivity contribution < 1.29 is 18.8 Å². The van der Waals surface area contributed by atoms with Gasteiger partial charge in [0.05, 0.1) is 18.4 Å². The lowest BCUT2D eigenvalue weighted by Crippen LogP contribution is -2.29. The molecule has 7 heteroatoms. The Morgan fingerprint density at radius 1 is 1.33 bits per heavy atom. The third kappa shape index (κ3) is 2.16. The molecule has 1 aliphatic rings. The topological polar surface area (TPSA) is 85.5 Å². The molecule has 0 saturated carbocycles. The summed E-state index contributed by atoms with van der Waals surface area (Å²) >= 11 is 0. The maximum Gasteiger partial charge on any atom is 0.299 e. The Morgan fingerprint density at radius 2 is 2.14 bits per heavy atom. The van der Waals surface area contributed by atoms with E-state index in [0.717, 1.165) is 0 Å². The lowest BCUT2D eigenvalue weighted by atomic mass is 10.1. The molecule has 1 aliphatic heterocycles. The number of fused-ring (bicyclic) bond motifs is 1. The molecule has 3 rings (SSSR count). The number of amides is 1. The maximum absolute atomic E-state index is 12.1. The van der Waals surface area contributed by atoms with E-state index in [2.05, 4.69) is 10.1 Å². The number of benzene rings is 1. The van der Waals surface area contributed by atoms with Gasteiger partial charge in [-0.15, -0.1) is 0 Å². The monoisotopic (exact) mass is 287 g/mol.